The number of anilines is 1. The summed E-state index contributed by atoms with van der Waals surface area (Å²) in [7, 11) is 0. The van der Waals surface area contributed by atoms with E-state index in [2.05, 4.69) is 77.0 Å². The molecule has 1 fully saturated rings. The van der Waals surface area contributed by atoms with Crippen molar-refractivity contribution in [3.05, 3.63) is 64.5 Å². The maximum Gasteiger partial charge on any atom is 0.247 e. The number of aromatic nitrogens is 5. The van der Waals surface area contributed by atoms with E-state index in [1.807, 2.05) is 24.3 Å². The summed E-state index contributed by atoms with van der Waals surface area (Å²) in [4.78, 5) is 2.30. The van der Waals surface area contributed by atoms with Crippen LogP contribution in [0, 0.1) is 6.92 Å². The molecule has 0 saturated carbocycles. The molecule has 158 valence electrons. The van der Waals surface area contributed by atoms with Gasteiger partial charge in [-0.3, -0.25) is 4.57 Å². The predicted molar refractivity (Wildman–Crippen MR) is 125 cm³/mol. The van der Waals surface area contributed by atoms with Crippen molar-refractivity contribution < 1.29 is 4.42 Å². The van der Waals surface area contributed by atoms with Crippen LogP contribution in [0.4, 0.5) is 5.95 Å². The van der Waals surface area contributed by atoms with Crippen LogP contribution in [-0.2, 0) is 5.75 Å². The van der Waals surface area contributed by atoms with Crippen LogP contribution in [0.25, 0.3) is 17.1 Å². The van der Waals surface area contributed by atoms with Gasteiger partial charge in [-0.1, -0.05) is 45.4 Å². The van der Waals surface area contributed by atoms with Gasteiger partial charge in [0.2, 0.25) is 17.7 Å². The number of hydrogen-bond donors (Lipinski definition) is 0. The molecule has 9 heteroatoms. The van der Waals surface area contributed by atoms with Gasteiger partial charge >= 0.3 is 0 Å². The fraction of sp³-hybridized carbons (Fsp3) is 0.273. The average Bonchev–Trinajstić information content (AvgIpc) is 3.54. The molecule has 2 aromatic heterocycles. The van der Waals surface area contributed by atoms with Crippen LogP contribution in [0.2, 0.25) is 0 Å². The fourth-order valence-electron chi connectivity index (χ4n) is 3.54. The van der Waals surface area contributed by atoms with Gasteiger partial charge in [0.1, 0.15) is 0 Å². The van der Waals surface area contributed by atoms with Crippen LogP contribution >= 0.6 is 27.7 Å². The van der Waals surface area contributed by atoms with Crippen molar-refractivity contribution in [3.8, 4) is 17.1 Å². The maximum absolute atomic E-state index is 5.87. The van der Waals surface area contributed by atoms with Gasteiger partial charge in [0, 0.05) is 23.1 Å². The SMILES string of the molecule is Cc1ccc(-n2c(SCc3nnc(-c4ccc(Br)cc4)o3)nnc2N2CCCC2)cc1. The molecule has 0 bridgehead atoms. The zero-order valence-corrected chi connectivity index (χ0v) is 19.4. The Kier molecular flexibility index (Phi) is 5.78. The molecule has 0 N–H and O–H groups in total. The third kappa shape index (κ3) is 4.38. The van der Waals surface area contributed by atoms with Crippen LogP contribution in [0.15, 0.2) is 62.6 Å². The molecule has 2 aromatic carbocycles. The fourth-order valence-corrected chi connectivity index (χ4v) is 4.59. The summed E-state index contributed by atoms with van der Waals surface area (Å²) in [6, 6.07) is 16.3. The molecule has 0 radical (unpaired) electrons. The quantitative estimate of drug-likeness (QED) is 0.336. The van der Waals surface area contributed by atoms with Crippen molar-refractivity contribution in [1.29, 1.82) is 0 Å². The summed E-state index contributed by atoms with van der Waals surface area (Å²) in [5, 5.41) is 18.2. The molecule has 3 heterocycles. The van der Waals surface area contributed by atoms with Gasteiger partial charge in [0.25, 0.3) is 0 Å². The first-order valence-electron chi connectivity index (χ1n) is 10.2. The first-order valence-corrected chi connectivity index (χ1v) is 11.9. The van der Waals surface area contributed by atoms with E-state index in [9.17, 15) is 0 Å². The summed E-state index contributed by atoms with van der Waals surface area (Å²) in [6.07, 6.45) is 2.37. The normalized spacial score (nSPS) is 13.8. The Balaban J connectivity index is 1.39. The van der Waals surface area contributed by atoms with Crippen molar-refractivity contribution in [2.45, 2.75) is 30.7 Å². The molecule has 0 atom stereocenters. The first-order chi connectivity index (χ1) is 15.2. The highest BCUT2D eigenvalue weighted by atomic mass is 79.9. The van der Waals surface area contributed by atoms with Crippen molar-refractivity contribution in [2.75, 3.05) is 18.0 Å². The molecule has 1 aliphatic rings. The minimum absolute atomic E-state index is 0.515. The Labute approximate surface area is 193 Å². The van der Waals surface area contributed by atoms with Crippen LogP contribution in [-0.4, -0.2) is 38.1 Å². The van der Waals surface area contributed by atoms with E-state index in [0.717, 1.165) is 39.9 Å². The average molecular weight is 497 g/mol. The number of hydrogen-bond acceptors (Lipinski definition) is 7. The molecule has 0 unspecified atom stereocenters. The second-order valence-electron chi connectivity index (χ2n) is 7.44. The predicted octanol–water partition coefficient (Wildman–Crippen LogP) is 5.28. The Morgan fingerprint density at radius 2 is 1.68 bits per heavy atom. The lowest BCUT2D eigenvalue weighted by Crippen LogP contribution is -2.22. The zero-order valence-electron chi connectivity index (χ0n) is 17.0. The molecular weight excluding hydrogens is 476 g/mol. The number of rotatable bonds is 6. The highest BCUT2D eigenvalue weighted by molar-refractivity contribution is 9.10. The molecule has 4 aromatic rings. The molecule has 5 rings (SSSR count). The molecule has 31 heavy (non-hydrogen) atoms. The summed E-state index contributed by atoms with van der Waals surface area (Å²) >= 11 is 4.99. The van der Waals surface area contributed by atoms with Gasteiger partial charge < -0.3 is 9.32 Å². The number of nitrogens with zero attached hydrogens (tertiary/aromatic N) is 6. The molecule has 7 nitrogen and oxygen atoms in total. The van der Waals surface area contributed by atoms with Crippen molar-refractivity contribution in [1.82, 2.24) is 25.0 Å². The van der Waals surface area contributed by atoms with Crippen molar-refractivity contribution in [2.24, 2.45) is 0 Å². The van der Waals surface area contributed by atoms with E-state index in [1.165, 1.54) is 18.4 Å². The van der Waals surface area contributed by atoms with Crippen LogP contribution < -0.4 is 4.90 Å². The molecule has 1 saturated heterocycles. The minimum atomic E-state index is 0.515. The third-order valence-corrected chi connectivity index (χ3v) is 6.62. The van der Waals surface area contributed by atoms with Gasteiger partial charge in [-0.05, 0) is 56.2 Å². The van der Waals surface area contributed by atoms with Crippen LogP contribution in [0.5, 0.6) is 0 Å². The molecule has 0 amide bonds. The summed E-state index contributed by atoms with van der Waals surface area (Å²) in [5.74, 6) is 2.49. The van der Waals surface area contributed by atoms with Crippen molar-refractivity contribution in [3.63, 3.8) is 0 Å². The number of aryl methyl sites for hydroxylation is 1. The van der Waals surface area contributed by atoms with Gasteiger partial charge in [0.15, 0.2) is 5.16 Å². The van der Waals surface area contributed by atoms with Gasteiger partial charge in [-0.2, -0.15) is 0 Å². The van der Waals surface area contributed by atoms with Gasteiger partial charge in [-0.25, -0.2) is 0 Å². The Hall–Kier alpha value is -2.65. The first kappa shape index (κ1) is 20.3. The smallest absolute Gasteiger partial charge is 0.247 e. The number of halogens is 1. The topological polar surface area (TPSA) is 72.9 Å². The monoisotopic (exact) mass is 496 g/mol. The zero-order chi connectivity index (χ0) is 21.2. The van der Waals surface area contributed by atoms with Crippen LogP contribution in [0.3, 0.4) is 0 Å². The lowest BCUT2D eigenvalue weighted by atomic mass is 10.2. The van der Waals surface area contributed by atoms with E-state index in [0.29, 0.717) is 17.5 Å². The third-order valence-electron chi connectivity index (χ3n) is 5.18. The van der Waals surface area contributed by atoms with Crippen LogP contribution in [0.1, 0.15) is 24.3 Å². The maximum atomic E-state index is 5.87. The standard InChI is InChI=1S/C22H21BrN6OS/c1-15-4-10-18(11-5-15)29-21(28-12-2-3-13-28)26-27-22(29)31-14-19-24-25-20(30-19)16-6-8-17(23)9-7-16/h4-11H,2-3,12-14H2,1H3. The highest BCUT2D eigenvalue weighted by Crippen LogP contribution is 2.31. The lowest BCUT2D eigenvalue weighted by molar-refractivity contribution is 0.528. The number of benzene rings is 2. The van der Waals surface area contributed by atoms with Gasteiger partial charge in [-0.15, -0.1) is 20.4 Å². The second-order valence-corrected chi connectivity index (χ2v) is 9.30. The van der Waals surface area contributed by atoms with E-state index in [-0.39, 0.29) is 0 Å². The largest absolute Gasteiger partial charge is 0.420 e. The summed E-state index contributed by atoms with van der Waals surface area (Å²) in [5.41, 5.74) is 3.17. The summed E-state index contributed by atoms with van der Waals surface area (Å²) < 4.78 is 9.01. The highest BCUT2D eigenvalue weighted by Gasteiger charge is 2.23. The summed E-state index contributed by atoms with van der Waals surface area (Å²) in [6.45, 7) is 4.11. The van der Waals surface area contributed by atoms with Crippen molar-refractivity contribution >= 4 is 33.6 Å². The Morgan fingerprint density at radius 3 is 2.42 bits per heavy atom. The molecule has 0 spiro atoms. The lowest BCUT2D eigenvalue weighted by Gasteiger charge is -2.18. The minimum Gasteiger partial charge on any atom is -0.420 e. The Bertz CT molecular complexity index is 1170. The Morgan fingerprint density at radius 1 is 0.935 bits per heavy atom. The number of thioether (sulfide) groups is 1. The van der Waals surface area contributed by atoms with Gasteiger partial charge in [0.05, 0.1) is 11.4 Å². The van der Waals surface area contributed by atoms with E-state index in [4.69, 9.17) is 4.42 Å². The molecule has 1 aliphatic heterocycles. The molecular formula is C22H21BrN6OS. The van der Waals surface area contributed by atoms with E-state index >= 15 is 0 Å². The molecule has 0 aliphatic carbocycles. The van der Waals surface area contributed by atoms with E-state index in [1.54, 1.807) is 11.8 Å². The van der Waals surface area contributed by atoms with E-state index < -0.39 is 0 Å². The second kappa shape index (κ2) is 8.84.